The van der Waals surface area contributed by atoms with Crippen LogP contribution in [0.3, 0.4) is 0 Å². The first-order valence-corrected chi connectivity index (χ1v) is 5.96. The highest BCUT2D eigenvalue weighted by atomic mass is 19.1. The Balaban J connectivity index is 2.33. The highest BCUT2D eigenvalue weighted by Gasteiger charge is 2.29. The summed E-state index contributed by atoms with van der Waals surface area (Å²) in [5.74, 6) is -0.0931. The zero-order chi connectivity index (χ0) is 12.6. The molecule has 2 rings (SSSR count). The molecule has 0 spiro atoms. The second-order valence-corrected chi connectivity index (χ2v) is 4.97. The predicted molar refractivity (Wildman–Crippen MR) is 64.8 cm³/mol. The number of halogens is 2. The largest absolute Gasteiger partial charge is 0.366 e. The molecule has 1 saturated heterocycles. The molecule has 1 aromatic rings. The molecule has 2 nitrogen and oxygen atoms in total. The third-order valence-electron chi connectivity index (χ3n) is 3.62. The second kappa shape index (κ2) is 4.61. The van der Waals surface area contributed by atoms with Crippen molar-refractivity contribution in [2.45, 2.75) is 20.4 Å². The lowest BCUT2D eigenvalue weighted by Crippen LogP contribution is -2.22. The van der Waals surface area contributed by atoms with Gasteiger partial charge in [0, 0.05) is 19.6 Å². The molecule has 1 heterocycles. The number of nitrogens with zero attached hydrogens (tertiary/aromatic N) is 1. The second-order valence-electron chi connectivity index (χ2n) is 4.97. The van der Waals surface area contributed by atoms with Gasteiger partial charge in [-0.05, 0) is 29.5 Å². The quantitative estimate of drug-likeness (QED) is 0.860. The smallest absolute Gasteiger partial charge is 0.149 e. The molecule has 2 atom stereocenters. The van der Waals surface area contributed by atoms with E-state index in [4.69, 9.17) is 5.73 Å². The fraction of sp³-hybridized carbons (Fsp3) is 0.538. The van der Waals surface area contributed by atoms with Crippen molar-refractivity contribution in [1.82, 2.24) is 0 Å². The summed E-state index contributed by atoms with van der Waals surface area (Å²) in [6.07, 6.45) is 0. The Morgan fingerprint density at radius 1 is 1.18 bits per heavy atom. The van der Waals surface area contributed by atoms with Crippen molar-refractivity contribution in [3.63, 3.8) is 0 Å². The molecule has 1 fully saturated rings. The monoisotopic (exact) mass is 240 g/mol. The van der Waals surface area contributed by atoms with Crippen LogP contribution in [-0.2, 0) is 6.54 Å². The topological polar surface area (TPSA) is 29.3 Å². The number of anilines is 1. The van der Waals surface area contributed by atoms with Gasteiger partial charge in [0.05, 0.1) is 0 Å². The van der Waals surface area contributed by atoms with Crippen LogP contribution in [0.25, 0.3) is 0 Å². The molecule has 17 heavy (non-hydrogen) atoms. The van der Waals surface area contributed by atoms with Crippen molar-refractivity contribution in [1.29, 1.82) is 0 Å². The highest BCUT2D eigenvalue weighted by molar-refractivity contribution is 5.51. The van der Waals surface area contributed by atoms with E-state index >= 15 is 0 Å². The van der Waals surface area contributed by atoms with Crippen LogP contribution in [-0.4, -0.2) is 13.1 Å². The van der Waals surface area contributed by atoms with Gasteiger partial charge >= 0.3 is 0 Å². The summed E-state index contributed by atoms with van der Waals surface area (Å²) in [7, 11) is 0. The lowest BCUT2D eigenvalue weighted by atomic mass is 10.0. The molecule has 0 radical (unpaired) electrons. The minimum absolute atomic E-state index is 0.0957. The Morgan fingerprint density at radius 2 is 1.65 bits per heavy atom. The van der Waals surface area contributed by atoms with Gasteiger partial charge in [-0.25, -0.2) is 8.78 Å². The Hall–Kier alpha value is -1.16. The van der Waals surface area contributed by atoms with Gasteiger partial charge in [-0.2, -0.15) is 0 Å². The first kappa shape index (κ1) is 12.3. The molecule has 4 heteroatoms. The van der Waals surface area contributed by atoms with Crippen molar-refractivity contribution in [2.24, 2.45) is 17.6 Å². The number of benzene rings is 1. The van der Waals surface area contributed by atoms with Crippen molar-refractivity contribution in [3.8, 4) is 0 Å². The third kappa shape index (κ3) is 2.27. The summed E-state index contributed by atoms with van der Waals surface area (Å²) in [6.45, 7) is 5.78. The van der Waals surface area contributed by atoms with E-state index in [0.717, 1.165) is 0 Å². The zero-order valence-electron chi connectivity index (χ0n) is 10.2. The molecular weight excluding hydrogens is 222 g/mol. The SMILES string of the molecule is CC1CN(c2c(F)cc(CN)cc2F)CC1C. The average molecular weight is 240 g/mol. The molecule has 0 amide bonds. The molecule has 94 valence electrons. The van der Waals surface area contributed by atoms with Gasteiger partial charge in [0.15, 0.2) is 0 Å². The van der Waals surface area contributed by atoms with Crippen molar-refractivity contribution >= 4 is 5.69 Å². The normalized spacial score (nSPS) is 24.4. The zero-order valence-corrected chi connectivity index (χ0v) is 10.2. The molecule has 0 bridgehead atoms. The van der Waals surface area contributed by atoms with E-state index in [2.05, 4.69) is 13.8 Å². The summed E-state index contributed by atoms with van der Waals surface area (Å²) in [6, 6.07) is 2.65. The van der Waals surface area contributed by atoms with Crippen molar-refractivity contribution in [2.75, 3.05) is 18.0 Å². The molecule has 0 saturated carbocycles. The van der Waals surface area contributed by atoms with E-state index in [1.54, 1.807) is 4.90 Å². The van der Waals surface area contributed by atoms with Crippen molar-refractivity contribution in [3.05, 3.63) is 29.3 Å². The summed E-state index contributed by atoms with van der Waals surface area (Å²) >= 11 is 0. The van der Waals surface area contributed by atoms with E-state index < -0.39 is 11.6 Å². The molecule has 2 unspecified atom stereocenters. The number of hydrogen-bond acceptors (Lipinski definition) is 2. The molecule has 1 aromatic carbocycles. The van der Waals surface area contributed by atoms with E-state index in [1.807, 2.05) is 0 Å². The van der Waals surface area contributed by atoms with Crippen LogP contribution in [0, 0.1) is 23.5 Å². The number of rotatable bonds is 2. The summed E-state index contributed by atoms with van der Waals surface area (Å²) in [4.78, 5) is 1.79. The van der Waals surface area contributed by atoms with Crippen LogP contribution in [0.15, 0.2) is 12.1 Å². The first-order valence-electron chi connectivity index (χ1n) is 5.96. The molecule has 0 aliphatic carbocycles. The van der Waals surface area contributed by atoms with Crippen LogP contribution in [0.4, 0.5) is 14.5 Å². The van der Waals surface area contributed by atoms with Crippen molar-refractivity contribution < 1.29 is 8.78 Å². The van der Waals surface area contributed by atoms with Gasteiger partial charge in [-0.15, -0.1) is 0 Å². The van der Waals surface area contributed by atoms with Gasteiger partial charge in [0.25, 0.3) is 0 Å². The maximum absolute atomic E-state index is 13.9. The number of hydrogen-bond donors (Lipinski definition) is 1. The van der Waals surface area contributed by atoms with Crippen LogP contribution in [0.2, 0.25) is 0 Å². The third-order valence-corrected chi connectivity index (χ3v) is 3.62. The maximum Gasteiger partial charge on any atom is 0.149 e. The summed E-state index contributed by atoms with van der Waals surface area (Å²) < 4.78 is 27.7. The van der Waals surface area contributed by atoms with Gasteiger partial charge in [-0.3, -0.25) is 0 Å². The van der Waals surface area contributed by atoms with E-state index in [-0.39, 0.29) is 12.2 Å². The van der Waals surface area contributed by atoms with Gasteiger partial charge in [0.1, 0.15) is 17.3 Å². The summed E-state index contributed by atoms with van der Waals surface area (Å²) in [5, 5.41) is 0. The molecule has 1 aliphatic rings. The van der Waals surface area contributed by atoms with Crippen LogP contribution < -0.4 is 10.6 Å². The van der Waals surface area contributed by atoms with E-state index in [0.29, 0.717) is 30.5 Å². The van der Waals surface area contributed by atoms with Gasteiger partial charge in [0.2, 0.25) is 0 Å². The molecule has 1 aliphatic heterocycles. The Kier molecular flexibility index (Phi) is 3.33. The average Bonchev–Trinajstić information content (AvgIpc) is 2.57. The molecule has 2 N–H and O–H groups in total. The number of nitrogens with two attached hydrogens (primary N) is 1. The minimum Gasteiger partial charge on any atom is -0.366 e. The fourth-order valence-corrected chi connectivity index (χ4v) is 2.35. The molecule has 0 aromatic heterocycles. The fourth-order valence-electron chi connectivity index (χ4n) is 2.35. The van der Waals surface area contributed by atoms with Crippen LogP contribution in [0.5, 0.6) is 0 Å². The predicted octanol–water partition coefficient (Wildman–Crippen LogP) is 2.52. The van der Waals surface area contributed by atoms with Gasteiger partial charge in [-0.1, -0.05) is 13.8 Å². The Morgan fingerprint density at radius 3 is 2.06 bits per heavy atom. The highest BCUT2D eigenvalue weighted by Crippen LogP contribution is 2.32. The molecular formula is C13H18F2N2. The van der Waals surface area contributed by atoms with E-state index in [9.17, 15) is 8.78 Å². The first-order chi connectivity index (χ1) is 8.02. The Bertz CT molecular complexity index is 387. The van der Waals surface area contributed by atoms with Gasteiger partial charge < -0.3 is 10.6 Å². The van der Waals surface area contributed by atoms with E-state index in [1.165, 1.54) is 12.1 Å². The maximum atomic E-state index is 13.9. The lowest BCUT2D eigenvalue weighted by molar-refractivity contribution is 0.494. The van der Waals surface area contributed by atoms with Crippen LogP contribution in [0.1, 0.15) is 19.4 Å². The summed E-state index contributed by atoms with van der Waals surface area (Å²) in [5.41, 5.74) is 5.97. The standard InChI is InChI=1S/C13H18F2N2/c1-8-6-17(7-9(8)2)13-11(14)3-10(5-16)4-12(13)15/h3-4,8-9H,5-7,16H2,1-2H3. The Labute approximate surface area is 100 Å². The van der Waals surface area contributed by atoms with Crippen LogP contribution >= 0.6 is 0 Å². The minimum atomic E-state index is -0.508. The lowest BCUT2D eigenvalue weighted by Gasteiger charge is -2.20.